The number of alkyl halides is 2. The second-order valence-electron chi connectivity index (χ2n) is 9.91. The molecule has 2 aliphatic rings. The molecule has 0 amide bonds. The van der Waals surface area contributed by atoms with E-state index in [1.807, 2.05) is 26.0 Å². The van der Waals surface area contributed by atoms with Gasteiger partial charge in [-0.1, -0.05) is 6.92 Å². The largest absolute Gasteiger partial charge is 0.395 e. The summed E-state index contributed by atoms with van der Waals surface area (Å²) in [4.78, 5) is 19.5. The maximum Gasteiger partial charge on any atom is 0.265 e. The van der Waals surface area contributed by atoms with E-state index in [0.717, 1.165) is 17.5 Å². The number of hydrazine groups is 1. The number of aryl methyl sites for hydroxylation is 1. The van der Waals surface area contributed by atoms with Gasteiger partial charge in [-0.05, 0) is 68.7 Å². The Morgan fingerprint density at radius 3 is 2.66 bits per heavy atom. The van der Waals surface area contributed by atoms with Crippen molar-refractivity contribution in [2.45, 2.75) is 64.8 Å². The Hall–Kier alpha value is -2.94. The minimum atomic E-state index is -2.70. The summed E-state index contributed by atoms with van der Waals surface area (Å²) in [6, 6.07) is 5.56. The molecule has 1 saturated heterocycles. The highest BCUT2D eigenvalue weighted by Crippen LogP contribution is 2.33. The molecule has 1 aliphatic heterocycles. The Kier molecular flexibility index (Phi) is 7.17. The number of halogens is 2. The molecular weight excluding hydrogens is 450 g/mol. The molecular formula is C26H36F2N6O. The molecule has 9 heteroatoms. The number of nitrogens with two attached hydrogens (primary N) is 2. The third-order valence-corrected chi connectivity index (χ3v) is 7.08. The number of allylic oxidation sites excluding steroid dienone is 1. The first-order valence-corrected chi connectivity index (χ1v) is 12.4. The second kappa shape index (κ2) is 9.97. The molecule has 1 aliphatic carbocycles. The van der Waals surface area contributed by atoms with E-state index in [4.69, 9.17) is 16.6 Å². The molecule has 2 fully saturated rings. The maximum absolute atomic E-state index is 14.0. The molecule has 0 unspecified atom stereocenters. The number of piperidine rings is 1. The molecule has 35 heavy (non-hydrogen) atoms. The van der Waals surface area contributed by atoms with Crippen molar-refractivity contribution >= 4 is 11.4 Å². The summed E-state index contributed by atoms with van der Waals surface area (Å²) < 4.78 is 29.6. The predicted octanol–water partition coefficient (Wildman–Crippen LogP) is 3.44. The normalized spacial score (nSPS) is 18.4. The van der Waals surface area contributed by atoms with Gasteiger partial charge >= 0.3 is 0 Å². The summed E-state index contributed by atoms with van der Waals surface area (Å²) in [6.07, 6.45) is 6.14. The highest BCUT2D eigenvalue weighted by molar-refractivity contribution is 5.65. The molecule has 0 aromatic carbocycles. The monoisotopic (exact) mass is 486 g/mol. The van der Waals surface area contributed by atoms with Gasteiger partial charge in [-0.3, -0.25) is 4.79 Å². The fraction of sp³-hybridized carbons (Fsp3) is 0.538. The molecule has 0 spiro atoms. The zero-order valence-electron chi connectivity index (χ0n) is 20.9. The zero-order chi connectivity index (χ0) is 25.3. The van der Waals surface area contributed by atoms with Gasteiger partial charge in [-0.2, -0.15) is 0 Å². The summed E-state index contributed by atoms with van der Waals surface area (Å²) in [5.41, 5.74) is 11.2. The average molecular weight is 487 g/mol. The third-order valence-electron chi connectivity index (χ3n) is 7.08. The van der Waals surface area contributed by atoms with Crippen molar-refractivity contribution in [2.75, 3.05) is 25.0 Å². The van der Waals surface area contributed by atoms with Crippen LogP contribution >= 0.6 is 0 Å². The van der Waals surface area contributed by atoms with Crippen LogP contribution in [0.25, 0.3) is 5.70 Å². The first kappa shape index (κ1) is 25.2. The van der Waals surface area contributed by atoms with Gasteiger partial charge in [0.1, 0.15) is 0 Å². The van der Waals surface area contributed by atoms with E-state index >= 15 is 0 Å². The summed E-state index contributed by atoms with van der Waals surface area (Å²) in [6.45, 7) is 4.28. The number of aromatic nitrogens is 2. The molecule has 2 aromatic heterocycles. The van der Waals surface area contributed by atoms with Crippen LogP contribution in [0.1, 0.15) is 55.1 Å². The first-order chi connectivity index (χ1) is 16.6. The van der Waals surface area contributed by atoms with Crippen LogP contribution in [0.3, 0.4) is 0 Å². The Labute approximate surface area is 205 Å². The number of likely N-dealkylation sites (N-methyl/N-ethyl adjacent to an activating group) is 1. The summed E-state index contributed by atoms with van der Waals surface area (Å²) >= 11 is 0. The van der Waals surface area contributed by atoms with Gasteiger partial charge in [-0.25, -0.2) is 19.6 Å². The van der Waals surface area contributed by atoms with Crippen molar-refractivity contribution in [3.63, 3.8) is 0 Å². The van der Waals surface area contributed by atoms with Crippen LogP contribution in [0.4, 0.5) is 14.5 Å². The van der Waals surface area contributed by atoms with Crippen molar-refractivity contribution < 1.29 is 8.78 Å². The van der Waals surface area contributed by atoms with Gasteiger partial charge in [0.2, 0.25) is 0 Å². The second-order valence-corrected chi connectivity index (χ2v) is 9.91. The van der Waals surface area contributed by atoms with E-state index in [0.29, 0.717) is 53.8 Å². The fourth-order valence-electron chi connectivity index (χ4n) is 4.76. The highest BCUT2D eigenvalue weighted by Gasteiger charge is 2.36. The quantitative estimate of drug-likeness (QED) is 0.439. The smallest absolute Gasteiger partial charge is 0.265 e. The van der Waals surface area contributed by atoms with E-state index in [2.05, 4.69) is 0 Å². The Morgan fingerprint density at radius 1 is 1.29 bits per heavy atom. The molecule has 4 N–H and O–H groups in total. The number of rotatable bonds is 8. The molecule has 3 heterocycles. The van der Waals surface area contributed by atoms with Crippen molar-refractivity contribution in [1.29, 1.82) is 0 Å². The summed E-state index contributed by atoms with van der Waals surface area (Å²) in [7, 11) is 1.67. The lowest BCUT2D eigenvalue weighted by atomic mass is 10.0. The third kappa shape index (κ3) is 5.66. The van der Waals surface area contributed by atoms with Crippen molar-refractivity contribution in [3.05, 3.63) is 63.0 Å². The SMILES string of the molecule is CCc1nc(/C(N)=C(\Cn2ccc(CC3CC3)c(C)c2=O)N(C)N)ccc1N1CCCC(F)(F)C1. The van der Waals surface area contributed by atoms with E-state index in [9.17, 15) is 13.6 Å². The van der Waals surface area contributed by atoms with Crippen molar-refractivity contribution in [1.82, 2.24) is 14.6 Å². The number of pyridine rings is 2. The van der Waals surface area contributed by atoms with Gasteiger partial charge in [0.25, 0.3) is 11.5 Å². The molecule has 190 valence electrons. The maximum atomic E-state index is 14.0. The molecule has 0 atom stereocenters. The molecule has 1 saturated carbocycles. The van der Waals surface area contributed by atoms with Gasteiger partial charge in [0.15, 0.2) is 0 Å². The number of hydrogen-bond donors (Lipinski definition) is 2. The minimum Gasteiger partial charge on any atom is -0.395 e. The van der Waals surface area contributed by atoms with Crippen LogP contribution in [0, 0.1) is 12.8 Å². The topological polar surface area (TPSA) is 93.4 Å². The van der Waals surface area contributed by atoms with Crippen LogP contribution in [0.5, 0.6) is 0 Å². The standard InChI is InChI=1S/C26H36F2N6O/c1-4-20-22(34-12-5-11-26(27,28)16-34)9-8-21(31-20)24(29)23(32(3)30)15-33-13-10-19(14-18-6-7-18)17(2)25(33)35/h8-10,13,18H,4-7,11-12,14-16,29-30H2,1-3H3/b24-23-. The van der Waals surface area contributed by atoms with Crippen LogP contribution in [-0.4, -0.2) is 40.6 Å². The van der Waals surface area contributed by atoms with Gasteiger partial charge in [0.05, 0.1) is 41.6 Å². The van der Waals surface area contributed by atoms with E-state index < -0.39 is 5.92 Å². The van der Waals surface area contributed by atoms with E-state index in [-0.39, 0.29) is 25.1 Å². The first-order valence-electron chi connectivity index (χ1n) is 12.4. The van der Waals surface area contributed by atoms with Gasteiger partial charge < -0.3 is 20.2 Å². The van der Waals surface area contributed by atoms with Gasteiger partial charge in [0, 0.05) is 31.8 Å². The number of nitrogens with zero attached hydrogens (tertiary/aromatic N) is 4. The molecule has 4 rings (SSSR count). The number of anilines is 1. The van der Waals surface area contributed by atoms with E-state index in [1.54, 1.807) is 28.8 Å². The summed E-state index contributed by atoms with van der Waals surface area (Å²) in [5, 5.41) is 1.40. The molecule has 2 aromatic rings. The minimum absolute atomic E-state index is 0.0566. The lowest BCUT2D eigenvalue weighted by Crippen LogP contribution is -2.43. The molecule has 0 radical (unpaired) electrons. The predicted molar refractivity (Wildman–Crippen MR) is 135 cm³/mol. The fourth-order valence-corrected chi connectivity index (χ4v) is 4.76. The van der Waals surface area contributed by atoms with Crippen LogP contribution < -0.4 is 22.0 Å². The van der Waals surface area contributed by atoms with Gasteiger partial charge in [-0.15, -0.1) is 0 Å². The van der Waals surface area contributed by atoms with Crippen molar-refractivity contribution in [2.24, 2.45) is 17.5 Å². The molecule has 0 bridgehead atoms. The lowest BCUT2D eigenvalue weighted by molar-refractivity contribution is -0.0117. The zero-order valence-corrected chi connectivity index (χ0v) is 20.9. The Balaban J connectivity index is 1.64. The molecule has 7 nitrogen and oxygen atoms in total. The van der Waals surface area contributed by atoms with Crippen molar-refractivity contribution in [3.8, 4) is 0 Å². The summed E-state index contributed by atoms with van der Waals surface area (Å²) in [5.74, 6) is 4.12. The van der Waals surface area contributed by atoms with Crippen LogP contribution in [0.15, 0.2) is 34.9 Å². The average Bonchev–Trinajstić information content (AvgIpc) is 3.64. The lowest BCUT2D eigenvalue weighted by Gasteiger charge is -2.35. The Morgan fingerprint density at radius 2 is 2.03 bits per heavy atom. The Bertz CT molecular complexity index is 1170. The highest BCUT2D eigenvalue weighted by atomic mass is 19.3. The number of hydrogen-bond acceptors (Lipinski definition) is 6. The van der Waals surface area contributed by atoms with Crippen LogP contribution in [-0.2, 0) is 19.4 Å². The van der Waals surface area contributed by atoms with E-state index in [1.165, 1.54) is 17.9 Å². The van der Waals surface area contributed by atoms with Crippen LogP contribution in [0.2, 0.25) is 0 Å².